The Hall–Kier alpha value is -4.32. The topological polar surface area (TPSA) is 118 Å². The molecule has 0 amide bonds. The summed E-state index contributed by atoms with van der Waals surface area (Å²) in [6, 6.07) is 32.5. The fourth-order valence-corrected chi connectivity index (χ4v) is 9.28. The van der Waals surface area contributed by atoms with Crippen LogP contribution in [0.3, 0.4) is 0 Å². The Balaban J connectivity index is 0.000000194. The second-order valence-corrected chi connectivity index (χ2v) is 17.7. The molecule has 0 N–H and O–H groups in total. The molecule has 0 unspecified atom stereocenters. The van der Waals surface area contributed by atoms with Gasteiger partial charge in [0.25, 0.3) is 0 Å². The molecule has 0 aliphatic carbocycles. The van der Waals surface area contributed by atoms with E-state index in [-0.39, 0.29) is 15.8 Å². The minimum atomic E-state index is -4.31. The average Bonchev–Trinajstić information content (AvgIpc) is 3.16. The fourth-order valence-electron chi connectivity index (χ4n) is 6.43. The highest BCUT2D eigenvalue weighted by Gasteiger charge is 2.20. The van der Waals surface area contributed by atoms with Crippen molar-refractivity contribution < 1.29 is 43.0 Å². The van der Waals surface area contributed by atoms with Crippen molar-refractivity contribution in [3.63, 3.8) is 0 Å². The van der Waals surface area contributed by atoms with Crippen LogP contribution in [0.4, 0.5) is 0 Å². The Morgan fingerprint density at radius 1 is 0.528 bits per heavy atom. The highest BCUT2D eigenvalue weighted by atomic mass is 127. The van der Waals surface area contributed by atoms with E-state index in [1.807, 2.05) is 60.7 Å². The van der Waals surface area contributed by atoms with Gasteiger partial charge in [-0.3, -0.25) is 9.59 Å². The van der Waals surface area contributed by atoms with Crippen molar-refractivity contribution in [3.05, 3.63) is 142 Å². The van der Waals surface area contributed by atoms with E-state index in [1.165, 1.54) is 69.9 Å². The number of halogens is 1. The molecule has 0 aliphatic rings. The highest BCUT2D eigenvalue weighted by Crippen LogP contribution is 2.20. The first-order valence-corrected chi connectivity index (χ1v) is 21.9. The molecule has 7 nitrogen and oxygen atoms in total. The molecule has 274 valence electrons. The van der Waals surface area contributed by atoms with Gasteiger partial charge in [0.2, 0.25) is 10.9 Å². The molecule has 9 heteroatoms. The lowest BCUT2D eigenvalue weighted by atomic mass is 10.0. The van der Waals surface area contributed by atoms with Crippen LogP contribution >= 0.6 is 0 Å². The molecule has 7 aromatic rings. The summed E-state index contributed by atoms with van der Waals surface area (Å²) in [5.41, 5.74) is 3.42. The normalized spacial score (nSPS) is 11.7. The van der Waals surface area contributed by atoms with Crippen molar-refractivity contribution in [2.45, 2.75) is 82.4 Å². The smallest absolute Gasteiger partial charge is 0.357 e. The van der Waals surface area contributed by atoms with Gasteiger partial charge in [-0.15, -0.1) is 0 Å². The Morgan fingerprint density at radius 2 is 0.962 bits per heavy atom. The molecular formula is C44H43IO7S. The number of benzene rings is 5. The highest BCUT2D eigenvalue weighted by molar-refractivity contribution is 7.85. The molecule has 0 saturated heterocycles. The first kappa shape index (κ1) is 38.4. The van der Waals surface area contributed by atoms with E-state index in [4.69, 9.17) is 8.83 Å². The molecule has 0 fully saturated rings. The predicted molar refractivity (Wildman–Crippen MR) is 207 cm³/mol. The number of fused-ring (bicyclic) bond motifs is 4. The third-order valence-electron chi connectivity index (χ3n) is 9.32. The minimum Gasteiger partial charge on any atom is -0.744 e. The second kappa shape index (κ2) is 18.1. The van der Waals surface area contributed by atoms with Crippen molar-refractivity contribution in [1.82, 2.24) is 0 Å². The van der Waals surface area contributed by atoms with Crippen molar-refractivity contribution >= 4 is 54.0 Å². The van der Waals surface area contributed by atoms with Gasteiger partial charge in [0.15, 0.2) is 7.14 Å². The van der Waals surface area contributed by atoms with E-state index in [1.54, 1.807) is 36.4 Å². The molecule has 0 atom stereocenters. The monoisotopic (exact) mass is 842 g/mol. The van der Waals surface area contributed by atoms with Gasteiger partial charge < -0.3 is 13.4 Å². The van der Waals surface area contributed by atoms with E-state index in [2.05, 4.69) is 6.92 Å². The maximum Gasteiger partial charge on any atom is 0.357 e. The Bertz CT molecular complexity index is 2420. The quantitative estimate of drug-likeness (QED) is 0.0486. The molecule has 2 aromatic heterocycles. The van der Waals surface area contributed by atoms with E-state index >= 15 is 0 Å². The Labute approximate surface area is 320 Å². The van der Waals surface area contributed by atoms with Gasteiger partial charge in [-0.2, -0.15) is 0 Å². The summed E-state index contributed by atoms with van der Waals surface area (Å²) in [4.78, 5) is 25.7. The van der Waals surface area contributed by atoms with E-state index in [0.717, 1.165) is 25.5 Å². The summed E-state index contributed by atoms with van der Waals surface area (Å²) >= 11 is -0.596. The van der Waals surface area contributed by atoms with Crippen LogP contribution in [0.15, 0.2) is 133 Å². The lowest BCUT2D eigenvalue weighted by Gasteiger charge is -2.08. The lowest BCUT2D eigenvalue weighted by molar-refractivity contribution is -0.597. The van der Waals surface area contributed by atoms with Gasteiger partial charge in [0.1, 0.15) is 32.5 Å². The zero-order valence-electron chi connectivity index (χ0n) is 29.8. The molecule has 5 aromatic carbocycles. The second-order valence-electron chi connectivity index (χ2n) is 13.3. The Kier molecular flexibility index (Phi) is 13.1. The van der Waals surface area contributed by atoms with E-state index in [0.29, 0.717) is 43.9 Å². The van der Waals surface area contributed by atoms with Gasteiger partial charge in [-0.05, 0) is 79.1 Å². The molecule has 0 bridgehead atoms. The first-order chi connectivity index (χ1) is 25.7. The maximum atomic E-state index is 12.9. The molecule has 0 aliphatic heterocycles. The molecule has 53 heavy (non-hydrogen) atoms. The van der Waals surface area contributed by atoms with Gasteiger partial charge in [0.05, 0.1) is 26.4 Å². The summed E-state index contributed by atoms with van der Waals surface area (Å²) in [6.45, 7) is 2.24. The number of hydrogen-bond acceptors (Lipinski definition) is 7. The summed E-state index contributed by atoms with van der Waals surface area (Å²) in [7, 11) is -4.31. The molecule has 2 heterocycles. The van der Waals surface area contributed by atoms with Crippen molar-refractivity contribution in [2.24, 2.45) is 0 Å². The summed E-state index contributed by atoms with van der Waals surface area (Å²) in [5, 5.41) is 2.34. The Morgan fingerprint density at radius 3 is 1.43 bits per heavy atom. The van der Waals surface area contributed by atoms with Crippen LogP contribution in [-0.2, 0) is 16.5 Å². The number of rotatable bonds is 14. The van der Waals surface area contributed by atoms with Gasteiger partial charge in [-0.25, -0.2) is 8.42 Å². The molecule has 0 radical (unpaired) electrons. The van der Waals surface area contributed by atoms with Gasteiger partial charge in [-0.1, -0.05) is 101 Å². The number of aryl methyl sites for hydroxylation is 1. The molecule has 0 spiro atoms. The average molecular weight is 843 g/mol. The van der Waals surface area contributed by atoms with Gasteiger partial charge >= 0.3 is 21.2 Å². The van der Waals surface area contributed by atoms with Crippen molar-refractivity contribution in [1.29, 1.82) is 0 Å². The lowest BCUT2D eigenvalue weighted by Crippen LogP contribution is -3.61. The zero-order chi connectivity index (χ0) is 37.2. The predicted octanol–water partition coefficient (Wildman–Crippen LogP) is 7.39. The number of para-hydroxylation sites is 2. The van der Waals surface area contributed by atoms with Crippen LogP contribution in [0, 0.1) is 7.14 Å². The molecule has 7 rings (SSSR count). The van der Waals surface area contributed by atoms with E-state index in [9.17, 15) is 22.6 Å². The number of unbranched alkanes of at least 4 members (excludes halogenated alkanes) is 9. The van der Waals surface area contributed by atoms with Crippen LogP contribution in [0.5, 0.6) is 0 Å². The SMILES string of the molecule is CCCCCCCCCCCCc1ccc(S(=O)(=O)[O-])cc1.O=c1c2ccccc2oc2ccc([I+]c3ccc4oc5ccccc5c(=O)c4c3)cc12. The summed E-state index contributed by atoms with van der Waals surface area (Å²) in [6.07, 6.45) is 14.0. The van der Waals surface area contributed by atoms with Crippen LogP contribution in [0.1, 0.15) is 76.7 Å². The molecular weight excluding hydrogens is 799 g/mol. The zero-order valence-corrected chi connectivity index (χ0v) is 32.8. The van der Waals surface area contributed by atoms with Crippen molar-refractivity contribution in [3.8, 4) is 0 Å². The van der Waals surface area contributed by atoms with Crippen LogP contribution in [0.25, 0.3) is 43.9 Å². The first-order valence-electron chi connectivity index (χ1n) is 18.3. The van der Waals surface area contributed by atoms with Crippen LogP contribution in [0.2, 0.25) is 0 Å². The standard InChI is InChI=1S/C26H14IO4.C18H30O3S/c28-25-17-5-1-3-7-21(17)30-23-11-9-15(13-19(23)25)27-16-10-12-24-20(14-16)26(29)18-6-2-4-8-22(18)31-24;1-2-3-4-5-6-7-8-9-10-11-12-17-13-15-18(16-14-17)22(19,20)21/h1-14H;13-16H,2-12H2,1H3,(H,19,20,21)/q+1;/p-1. The summed E-state index contributed by atoms with van der Waals surface area (Å²) < 4.78 is 46.5. The van der Waals surface area contributed by atoms with Crippen LogP contribution in [-0.4, -0.2) is 13.0 Å². The third kappa shape index (κ3) is 10.0. The largest absolute Gasteiger partial charge is 0.744 e. The third-order valence-corrected chi connectivity index (χ3v) is 12.8. The van der Waals surface area contributed by atoms with Gasteiger partial charge in [0, 0.05) is 12.1 Å². The fraction of sp³-hybridized carbons (Fsp3) is 0.273. The maximum absolute atomic E-state index is 12.9. The van der Waals surface area contributed by atoms with E-state index < -0.39 is 31.3 Å². The van der Waals surface area contributed by atoms with Crippen molar-refractivity contribution in [2.75, 3.05) is 0 Å². The summed E-state index contributed by atoms with van der Waals surface area (Å²) in [5.74, 6) is 0. The number of hydrogen-bond donors (Lipinski definition) is 0. The molecule has 0 saturated carbocycles. The minimum absolute atomic E-state index is 0.0201. The van der Waals surface area contributed by atoms with Crippen LogP contribution < -0.4 is 32.1 Å².